The van der Waals surface area contributed by atoms with Gasteiger partial charge in [-0.3, -0.25) is 4.79 Å². The van der Waals surface area contributed by atoms with Gasteiger partial charge in [-0.15, -0.1) is 0 Å². The number of anilines is 2. The van der Waals surface area contributed by atoms with E-state index in [-0.39, 0.29) is 35.5 Å². The van der Waals surface area contributed by atoms with Gasteiger partial charge in [0.05, 0.1) is 11.1 Å². The third-order valence-corrected chi connectivity index (χ3v) is 7.07. The summed E-state index contributed by atoms with van der Waals surface area (Å²) < 4.78 is 52.9. The summed E-state index contributed by atoms with van der Waals surface area (Å²) in [5.41, 5.74) is 0.403. The van der Waals surface area contributed by atoms with Gasteiger partial charge >= 0.3 is 6.18 Å². The molecule has 1 amide bonds. The average Bonchev–Trinajstić information content (AvgIpc) is 3.41. The van der Waals surface area contributed by atoms with Crippen LogP contribution in [0.3, 0.4) is 0 Å². The summed E-state index contributed by atoms with van der Waals surface area (Å²) in [6.07, 6.45) is 0.193. The summed E-state index contributed by atoms with van der Waals surface area (Å²) in [6.45, 7) is 2.96. The number of halogens is 3. The summed E-state index contributed by atoms with van der Waals surface area (Å²) >= 11 is 0. The maximum Gasteiger partial charge on any atom is 0.416 e. The SMILES string of the molecule is CNc1ncnc(-c2cccnc2Oc2cc(C(=O)Nc3cc(OCC4CCCN4C)cc(C(F)(F)F)c3)ccc2C)n1. The minimum Gasteiger partial charge on any atom is -0.492 e. The minimum atomic E-state index is -4.62. The molecule has 5 rings (SSSR count). The second-order valence-electron chi connectivity index (χ2n) is 10.1. The monoisotopic (exact) mass is 593 g/mol. The number of aromatic nitrogens is 4. The van der Waals surface area contributed by atoms with Crippen molar-refractivity contribution in [2.75, 3.05) is 37.9 Å². The van der Waals surface area contributed by atoms with Gasteiger partial charge in [-0.25, -0.2) is 15.0 Å². The molecule has 0 saturated carbocycles. The lowest BCUT2D eigenvalue weighted by atomic mass is 10.1. The lowest BCUT2D eigenvalue weighted by Gasteiger charge is -2.20. The molecule has 1 aliphatic rings. The molecule has 0 radical (unpaired) electrons. The molecule has 3 heterocycles. The number of hydrogen-bond acceptors (Lipinski definition) is 9. The van der Waals surface area contributed by atoms with Crippen molar-refractivity contribution in [3.8, 4) is 28.8 Å². The highest BCUT2D eigenvalue weighted by molar-refractivity contribution is 6.04. The fraction of sp³-hybridized carbons (Fsp3) is 0.300. The van der Waals surface area contributed by atoms with Crippen LogP contribution in [0.1, 0.15) is 34.3 Å². The van der Waals surface area contributed by atoms with E-state index in [1.165, 1.54) is 18.5 Å². The zero-order valence-electron chi connectivity index (χ0n) is 23.8. The molecule has 1 saturated heterocycles. The molecule has 224 valence electrons. The Bertz CT molecular complexity index is 1620. The number of ether oxygens (including phenoxy) is 2. The third kappa shape index (κ3) is 7.17. The van der Waals surface area contributed by atoms with Crippen molar-refractivity contribution in [1.29, 1.82) is 0 Å². The largest absolute Gasteiger partial charge is 0.492 e. The molecule has 4 aromatic rings. The van der Waals surface area contributed by atoms with Crippen LogP contribution in [-0.2, 0) is 6.18 Å². The Hall–Kier alpha value is -4.78. The predicted molar refractivity (Wildman–Crippen MR) is 154 cm³/mol. The van der Waals surface area contributed by atoms with E-state index >= 15 is 0 Å². The molecule has 1 aliphatic heterocycles. The van der Waals surface area contributed by atoms with Crippen LogP contribution in [0, 0.1) is 6.92 Å². The number of rotatable bonds is 9. The second kappa shape index (κ2) is 12.6. The highest BCUT2D eigenvalue weighted by Crippen LogP contribution is 2.35. The van der Waals surface area contributed by atoms with Gasteiger partial charge in [-0.05, 0) is 75.3 Å². The molecule has 0 spiro atoms. The van der Waals surface area contributed by atoms with Crippen LogP contribution >= 0.6 is 0 Å². The van der Waals surface area contributed by atoms with E-state index in [2.05, 4.69) is 35.5 Å². The topological polar surface area (TPSA) is 114 Å². The predicted octanol–water partition coefficient (Wildman–Crippen LogP) is 5.82. The molecular weight excluding hydrogens is 563 g/mol. The van der Waals surface area contributed by atoms with E-state index in [9.17, 15) is 18.0 Å². The first-order valence-corrected chi connectivity index (χ1v) is 13.6. The summed E-state index contributed by atoms with van der Waals surface area (Å²) in [4.78, 5) is 32.2. The first-order valence-electron chi connectivity index (χ1n) is 13.6. The zero-order chi connectivity index (χ0) is 30.6. The average molecular weight is 594 g/mol. The van der Waals surface area contributed by atoms with Crippen molar-refractivity contribution in [1.82, 2.24) is 24.8 Å². The number of likely N-dealkylation sites (tertiary alicyclic amines) is 1. The smallest absolute Gasteiger partial charge is 0.416 e. The quantitative estimate of drug-likeness (QED) is 0.248. The van der Waals surface area contributed by atoms with E-state index < -0.39 is 17.6 Å². The van der Waals surface area contributed by atoms with E-state index in [1.54, 1.807) is 44.4 Å². The summed E-state index contributed by atoms with van der Waals surface area (Å²) in [5.74, 6) is 0.622. The van der Waals surface area contributed by atoms with Crippen LogP contribution in [0.15, 0.2) is 61.1 Å². The third-order valence-electron chi connectivity index (χ3n) is 7.07. The summed E-state index contributed by atoms with van der Waals surface area (Å²) in [6, 6.07) is 11.5. The van der Waals surface area contributed by atoms with Gasteiger partial charge in [0.25, 0.3) is 5.91 Å². The molecule has 1 atom stereocenters. The number of nitrogens with one attached hydrogen (secondary N) is 2. The zero-order valence-corrected chi connectivity index (χ0v) is 23.8. The Morgan fingerprint density at radius 2 is 1.95 bits per heavy atom. The number of hydrogen-bond donors (Lipinski definition) is 2. The molecule has 1 unspecified atom stereocenters. The Morgan fingerprint density at radius 1 is 1.12 bits per heavy atom. The number of likely N-dealkylation sites (N-methyl/N-ethyl adjacent to an activating group) is 1. The number of nitrogens with zero attached hydrogens (tertiary/aromatic N) is 5. The lowest BCUT2D eigenvalue weighted by Crippen LogP contribution is -2.30. The van der Waals surface area contributed by atoms with Crippen LogP contribution < -0.4 is 20.1 Å². The van der Waals surface area contributed by atoms with Gasteiger partial charge in [0.15, 0.2) is 5.82 Å². The molecule has 13 heteroatoms. The fourth-order valence-electron chi connectivity index (χ4n) is 4.65. The van der Waals surface area contributed by atoms with Crippen molar-refractivity contribution < 1.29 is 27.4 Å². The molecule has 2 aromatic heterocycles. The van der Waals surface area contributed by atoms with Gasteiger partial charge in [0, 0.05) is 36.6 Å². The van der Waals surface area contributed by atoms with Crippen LogP contribution in [0.2, 0.25) is 0 Å². The fourth-order valence-corrected chi connectivity index (χ4v) is 4.65. The Labute approximate surface area is 246 Å². The number of carbonyl (C=O) groups is 1. The number of pyridine rings is 1. The maximum absolute atomic E-state index is 13.7. The molecular formula is C30H30F3N7O3. The number of alkyl halides is 3. The molecule has 2 aromatic carbocycles. The van der Waals surface area contributed by atoms with Crippen LogP contribution in [0.4, 0.5) is 24.8 Å². The van der Waals surface area contributed by atoms with Crippen molar-refractivity contribution in [2.24, 2.45) is 0 Å². The van der Waals surface area contributed by atoms with E-state index in [4.69, 9.17) is 9.47 Å². The number of aryl methyl sites for hydroxylation is 1. The van der Waals surface area contributed by atoms with Crippen LogP contribution in [-0.4, -0.2) is 64.0 Å². The Morgan fingerprint density at radius 3 is 2.70 bits per heavy atom. The highest BCUT2D eigenvalue weighted by Gasteiger charge is 2.32. The first kappa shape index (κ1) is 29.7. The standard InChI is InChI=1S/C30H30F3N7O3/c1-18-8-9-19(12-25(18)43-28-24(7-4-10-35-28)26-36-17-37-29(34-2)39-26)27(41)38-21-13-20(30(31,32)33)14-23(15-21)42-16-22-6-5-11-40(22)3/h4,7-10,12-15,17,22H,5-6,11,16H2,1-3H3,(H,38,41)(H,34,36,37,39). The lowest BCUT2D eigenvalue weighted by molar-refractivity contribution is -0.137. The molecule has 0 aliphatic carbocycles. The van der Waals surface area contributed by atoms with Gasteiger partial charge in [-0.1, -0.05) is 6.07 Å². The number of carbonyl (C=O) groups excluding carboxylic acids is 1. The molecule has 1 fully saturated rings. The van der Waals surface area contributed by atoms with Crippen LogP contribution in [0.25, 0.3) is 11.4 Å². The van der Waals surface area contributed by atoms with Crippen molar-refractivity contribution in [2.45, 2.75) is 32.0 Å². The molecule has 43 heavy (non-hydrogen) atoms. The molecule has 10 nitrogen and oxygen atoms in total. The number of benzene rings is 2. The first-order chi connectivity index (χ1) is 20.6. The van der Waals surface area contributed by atoms with Gasteiger partial charge in [-0.2, -0.15) is 18.2 Å². The van der Waals surface area contributed by atoms with Crippen molar-refractivity contribution >= 4 is 17.5 Å². The summed E-state index contributed by atoms with van der Waals surface area (Å²) in [7, 11) is 3.64. The van der Waals surface area contributed by atoms with Gasteiger partial charge in [0.1, 0.15) is 24.4 Å². The Balaban J connectivity index is 1.37. The minimum absolute atomic E-state index is 0.0285. The van der Waals surface area contributed by atoms with Crippen LogP contribution in [0.5, 0.6) is 17.4 Å². The van der Waals surface area contributed by atoms with Gasteiger partial charge in [0.2, 0.25) is 11.8 Å². The van der Waals surface area contributed by atoms with Gasteiger partial charge < -0.3 is 25.0 Å². The number of amides is 1. The van der Waals surface area contributed by atoms with E-state index in [1.807, 2.05) is 7.05 Å². The molecule has 0 bridgehead atoms. The van der Waals surface area contributed by atoms with E-state index in [0.29, 0.717) is 28.6 Å². The Kier molecular flexibility index (Phi) is 8.71. The molecule has 2 N–H and O–H groups in total. The van der Waals surface area contributed by atoms with E-state index in [0.717, 1.165) is 31.5 Å². The highest BCUT2D eigenvalue weighted by atomic mass is 19.4. The summed E-state index contributed by atoms with van der Waals surface area (Å²) in [5, 5.41) is 5.43. The maximum atomic E-state index is 13.7. The van der Waals surface area contributed by atoms with Crippen molar-refractivity contribution in [3.05, 3.63) is 77.7 Å². The second-order valence-corrected chi connectivity index (χ2v) is 10.1. The van der Waals surface area contributed by atoms with Crippen molar-refractivity contribution in [3.63, 3.8) is 0 Å². The normalized spacial score (nSPS) is 15.3.